The average Bonchev–Trinajstić information content (AvgIpc) is 2.82. The second-order valence-corrected chi connectivity index (χ2v) is 7.08. The first-order chi connectivity index (χ1) is 12.3. The Kier molecular flexibility index (Phi) is 4.88. The molecule has 0 bridgehead atoms. The van der Waals surface area contributed by atoms with E-state index in [2.05, 4.69) is 4.98 Å². The Bertz CT molecular complexity index is 902. The summed E-state index contributed by atoms with van der Waals surface area (Å²) < 4.78 is 0. The molecule has 4 nitrogen and oxygen atoms in total. The lowest BCUT2D eigenvalue weighted by molar-refractivity contribution is -0.123. The fourth-order valence-electron chi connectivity index (χ4n) is 3.84. The van der Waals surface area contributed by atoms with Gasteiger partial charge in [-0.1, -0.05) is 23.8 Å². The van der Waals surface area contributed by atoms with Gasteiger partial charge in [-0.05, 0) is 56.5 Å². The molecule has 1 fully saturated rings. The van der Waals surface area contributed by atoms with Crippen LogP contribution in [0.2, 0.25) is 0 Å². The molecule has 0 spiro atoms. The minimum atomic E-state index is -0.736. The van der Waals surface area contributed by atoms with E-state index in [4.69, 9.17) is 0 Å². The quantitative estimate of drug-likeness (QED) is 0.676. The van der Waals surface area contributed by atoms with Gasteiger partial charge in [-0.2, -0.15) is 0 Å². The van der Waals surface area contributed by atoms with Crippen molar-refractivity contribution in [3.8, 4) is 0 Å². The summed E-state index contributed by atoms with van der Waals surface area (Å²) in [4.78, 5) is 29.9. The first-order valence-electron chi connectivity index (χ1n) is 8.77. The Hall–Kier alpha value is -2.59. The van der Waals surface area contributed by atoms with Crippen molar-refractivity contribution in [2.45, 2.75) is 46.1 Å². The van der Waals surface area contributed by atoms with Crippen molar-refractivity contribution in [3.05, 3.63) is 69.5 Å². The minimum absolute atomic E-state index is 0.0779. The number of carbonyl (C=O) groups is 2. The summed E-state index contributed by atoms with van der Waals surface area (Å²) >= 11 is 0. The predicted molar refractivity (Wildman–Crippen MR) is 101 cm³/mol. The summed E-state index contributed by atoms with van der Waals surface area (Å²) in [6.07, 6.45) is 2.68. The molecule has 0 aliphatic heterocycles. The molecule has 1 N–H and O–H groups in total. The van der Waals surface area contributed by atoms with Crippen LogP contribution in [0.25, 0.3) is 6.08 Å². The minimum Gasteiger partial charge on any atom is -0.389 e. The largest absolute Gasteiger partial charge is 0.389 e. The maximum Gasteiger partial charge on any atom is 0.174 e. The highest BCUT2D eigenvalue weighted by molar-refractivity contribution is 6.24. The van der Waals surface area contributed by atoms with Gasteiger partial charge in [-0.25, -0.2) is 0 Å². The number of aliphatic hydroxyl groups is 1. The van der Waals surface area contributed by atoms with E-state index in [1.54, 1.807) is 31.3 Å². The van der Waals surface area contributed by atoms with E-state index in [9.17, 15) is 14.7 Å². The molecule has 1 aliphatic rings. The van der Waals surface area contributed by atoms with E-state index in [0.29, 0.717) is 16.8 Å². The van der Waals surface area contributed by atoms with Gasteiger partial charge in [-0.15, -0.1) is 0 Å². The van der Waals surface area contributed by atoms with Gasteiger partial charge < -0.3 is 5.11 Å². The molecular formula is C22H23NO3. The summed E-state index contributed by atoms with van der Waals surface area (Å²) in [5.41, 5.74) is 5.53. The molecule has 0 radical (unpaired) electrons. The van der Waals surface area contributed by atoms with Crippen LogP contribution in [0.1, 0.15) is 58.9 Å². The van der Waals surface area contributed by atoms with Gasteiger partial charge >= 0.3 is 0 Å². The number of allylic oxidation sites excluding steroid dienone is 1. The van der Waals surface area contributed by atoms with Crippen molar-refractivity contribution in [2.75, 3.05) is 0 Å². The highest BCUT2D eigenvalue weighted by Gasteiger charge is 2.39. The molecule has 1 aliphatic carbocycles. The maximum atomic E-state index is 13.0. The zero-order valence-electron chi connectivity index (χ0n) is 15.5. The molecule has 2 aromatic rings. The van der Waals surface area contributed by atoms with Crippen molar-refractivity contribution in [1.82, 2.24) is 4.98 Å². The van der Waals surface area contributed by atoms with Crippen molar-refractivity contribution >= 4 is 17.6 Å². The van der Waals surface area contributed by atoms with Gasteiger partial charge in [0, 0.05) is 23.8 Å². The Morgan fingerprint density at radius 2 is 1.85 bits per heavy atom. The number of Topliss-reactive ketones (excluding diaryl/α,β-unsaturated/α-hetero) is 2. The zero-order valence-corrected chi connectivity index (χ0v) is 15.5. The van der Waals surface area contributed by atoms with Crippen LogP contribution in [0.5, 0.6) is 0 Å². The maximum absolute atomic E-state index is 13.0. The number of aromatic nitrogens is 1. The average molecular weight is 349 g/mol. The molecule has 2 atom stereocenters. The molecule has 2 unspecified atom stereocenters. The van der Waals surface area contributed by atoms with Crippen LogP contribution in [0.4, 0.5) is 0 Å². The number of benzene rings is 1. The van der Waals surface area contributed by atoms with E-state index in [1.807, 2.05) is 32.9 Å². The molecule has 0 saturated heterocycles. The predicted octanol–water partition coefficient (Wildman–Crippen LogP) is 3.77. The monoisotopic (exact) mass is 349 g/mol. The number of nitrogens with zero attached hydrogens (tertiary/aromatic N) is 1. The lowest BCUT2D eigenvalue weighted by atomic mass is 9.87. The fraction of sp³-hybridized carbons (Fsp3) is 0.318. The molecular weight excluding hydrogens is 326 g/mol. The second-order valence-electron chi connectivity index (χ2n) is 7.08. The number of aryl methyl sites for hydroxylation is 3. The Balaban J connectivity index is 2.04. The van der Waals surface area contributed by atoms with Crippen LogP contribution in [0, 0.1) is 20.8 Å². The SMILES string of the molecule is Cc1cc(C)c(C2C(=O)C/C(=C\c3ncccc3C(C)O)C2=O)c(C)c1. The number of hydrogen-bond acceptors (Lipinski definition) is 4. The summed E-state index contributed by atoms with van der Waals surface area (Å²) in [5.74, 6) is -0.973. The second kappa shape index (κ2) is 6.96. The third-order valence-corrected chi connectivity index (χ3v) is 4.92. The van der Waals surface area contributed by atoms with Crippen LogP contribution < -0.4 is 0 Å². The molecule has 1 aromatic carbocycles. The molecule has 134 valence electrons. The first kappa shape index (κ1) is 18.2. The van der Waals surface area contributed by atoms with Crippen LogP contribution in [-0.4, -0.2) is 21.7 Å². The molecule has 4 heteroatoms. The van der Waals surface area contributed by atoms with E-state index >= 15 is 0 Å². The van der Waals surface area contributed by atoms with Gasteiger partial charge in [0.05, 0.1) is 11.8 Å². The topological polar surface area (TPSA) is 67.3 Å². The van der Waals surface area contributed by atoms with E-state index in [-0.39, 0.29) is 18.0 Å². The van der Waals surface area contributed by atoms with E-state index in [0.717, 1.165) is 22.3 Å². The molecule has 1 saturated carbocycles. The van der Waals surface area contributed by atoms with Crippen molar-refractivity contribution in [2.24, 2.45) is 0 Å². The van der Waals surface area contributed by atoms with E-state index < -0.39 is 12.0 Å². The number of aliphatic hydroxyl groups excluding tert-OH is 1. The van der Waals surface area contributed by atoms with Gasteiger partial charge in [0.15, 0.2) is 11.6 Å². The van der Waals surface area contributed by atoms with Gasteiger partial charge in [0.2, 0.25) is 0 Å². The van der Waals surface area contributed by atoms with Crippen LogP contribution in [0.3, 0.4) is 0 Å². The number of carbonyl (C=O) groups excluding carboxylic acids is 2. The number of ketones is 2. The fourth-order valence-corrected chi connectivity index (χ4v) is 3.84. The smallest absolute Gasteiger partial charge is 0.174 e. The molecule has 26 heavy (non-hydrogen) atoms. The van der Waals surface area contributed by atoms with Crippen LogP contribution in [0.15, 0.2) is 36.0 Å². The summed E-state index contributed by atoms with van der Waals surface area (Å²) in [7, 11) is 0. The van der Waals surface area contributed by atoms with Gasteiger partial charge in [-0.3, -0.25) is 14.6 Å². The van der Waals surface area contributed by atoms with Crippen molar-refractivity contribution in [3.63, 3.8) is 0 Å². The Labute approximate surface area is 153 Å². The first-order valence-corrected chi connectivity index (χ1v) is 8.77. The molecule has 0 amide bonds. The highest BCUT2D eigenvalue weighted by Crippen LogP contribution is 2.37. The third kappa shape index (κ3) is 3.25. The normalized spacial score (nSPS) is 20.0. The number of pyridine rings is 1. The summed E-state index contributed by atoms with van der Waals surface area (Å²) in [5, 5.41) is 9.90. The van der Waals surface area contributed by atoms with Crippen LogP contribution in [-0.2, 0) is 9.59 Å². The van der Waals surface area contributed by atoms with E-state index in [1.165, 1.54) is 0 Å². The Morgan fingerprint density at radius 3 is 2.46 bits per heavy atom. The molecule has 3 rings (SSSR count). The molecule has 1 aromatic heterocycles. The number of hydrogen-bond donors (Lipinski definition) is 1. The molecule has 1 heterocycles. The highest BCUT2D eigenvalue weighted by atomic mass is 16.3. The zero-order chi connectivity index (χ0) is 19.0. The van der Waals surface area contributed by atoms with Crippen molar-refractivity contribution < 1.29 is 14.7 Å². The lowest BCUT2D eigenvalue weighted by Gasteiger charge is -2.15. The Morgan fingerprint density at radius 1 is 1.19 bits per heavy atom. The van der Waals surface area contributed by atoms with Crippen molar-refractivity contribution in [1.29, 1.82) is 0 Å². The number of rotatable bonds is 3. The van der Waals surface area contributed by atoms with Gasteiger partial charge in [0.25, 0.3) is 0 Å². The summed E-state index contributed by atoms with van der Waals surface area (Å²) in [6.45, 7) is 7.55. The van der Waals surface area contributed by atoms with Gasteiger partial charge in [0.1, 0.15) is 5.92 Å². The standard InChI is InChI=1S/C22H23NO3/c1-12-8-13(2)20(14(3)9-12)21-19(25)11-16(22(21)26)10-18-17(15(4)24)6-5-7-23-18/h5-10,15,21,24H,11H2,1-4H3/b16-10+. The third-order valence-electron chi connectivity index (χ3n) is 4.92. The van der Waals surface area contributed by atoms with Crippen LogP contribution >= 0.6 is 0 Å². The summed E-state index contributed by atoms with van der Waals surface area (Å²) in [6, 6.07) is 7.54. The lowest BCUT2D eigenvalue weighted by Crippen LogP contribution is -2.15.